The van der Waals surface area contributed by atoms with Gasteiger partial charge in [-0.15, -0.1) is 5.69 Å². The first-order valence-electron chi connectivity index (χ1n) is 9.04. The van der Waals surface area contributed by atoms with Crippen LogP contribution in [0.25, 0.3) is 4.72 Å². The van der Waals surface area contributed by atoms with Crippen LogP contribution in [0.15, 0.2) is 29.4 Å². The molecular weight excluding hydrogens is 452 g/mol. The van der Waals surface area contributed by atoms with E-state index in [1.807, 2.05) is 0 Å². The number of halogens is 1. The largest absolute Gasteiger partial charge is 0.571 e. The van der Waals surface area contributed by atoms with Crippen molar-refractivity contribution < 1.29 is 32.2 Å². The second kappa shape index (κ2) is 9.98. The van der Waals surface area contributed by atoms with Crippen LogP contribution < -0.4 is 9.47 Å². The number of hydrogen-bond acceptors (Lipinski definition) is 9. The topological polar surface area (TPSA) is 131 Å². The van der Waals surface area contributed by atoms with E-state index < -0.39 is 16.1 Å². The van der Waals surface area contributed by atoms with E-state index in [0.29, 0.717) is 5.56 Å². The smallest absolute Gasteiger partial charge is 0.410 e. The molecule has 0 atom stereocenters. The van der Waals surface area contributed by atoms with E-state index in [-0.39, 0.29) is 60.3 Å². The predicted octanol–water partition coefficient (Wildman–Crippen LogP) is 2.51. The first-order valence-corrected chi connectivity index (χ1v) is 10.9. The molecule has 1 aliphatic rings. The van der Waals surface area contributed by atoms with E-state index in [1.165, 1.54) is 43.6 Å². The van der Waals surface area contributed by atoms with Gasteiger partial charge in [0, 0.05) is 25.1 Å². The van der Waals surface area contributed by atoms with E-state index in [2.05, 4.69) is 14.7 Å². The van der Waals surface area contributed by atoms with Crippen LogP contribution in [-0.4, -0.2) is 70.0 Å². The second-order valence-electron chi connectivity index (χ2n) is 6.26. The molecule has 3 rings (SSSR count). The zero-order valence-electron chi connectivity index (χ0n) is 16.8. The summed E-state index contributed by atoms with van der Waals surface area (Å²) in [6.45, 7) is 0.981. The quantitative estimate of drug-likeness (QED) is 0.558. The van der Waals surface area contributed by atoms with E-state index in [0.717, 1.165) is 0 Å². The fourth-order valence-corrected chi connectivity index (χ4v) is 4.04. The lowest BCUT2D eigenvalue weighted by molar-refractivity contribution is 0.0687. The average Bonchev–Trinajstić information content (AvgIpc) is 2.95. The molecule has 2 aromatic rings. The van der Waals surface area contributed by atoms with Crippen LogP contribution in [0.2, 0.25) is 5.02 Å². The summed E-state index contributed by atoms with van der Waals surface area (Å²) in [7, 11) is -1.41. The highest BCUT2D eigenvalue weighted by Gasteiger charge is 2.22. The average molecular weight is 472 g/mol. The zero-order chi connectivity index (χ0) is 22.4. The standard InChI is InChI=1S/C18H20ClN4O7S/c1-27-5-6-30-18(24)23-3-4-29-16-12(11-23)7-14(10-21-16)22-31(25,26)15-8-13(19)9-20-17(15)28-2/h7-10H,3-6,11H2,1-2H3/q-1. The van der Waals surface area contributed by atoms with Gasteiger partial charge < -0.3 is 28.6 Å². The highest BCUT2D eigenvalue weighted by molar-refractivity contribution is 7.94. The highest BCUT2D eigenvalue weighted by atomic mass is 35.5. The molecule has 0 aromatic carbocycles. The maximum atomic E-state index is 12.8. The van der Waals surface area contributed by atoms with Crippen LogP contribution in [0.5, 0.6) is 11.8 Å². The SMILES string of the molecule is COCCOC(=O)N1CCOc2ncc([N-]S(=O)(=O)c3cc(Cl)cnc3OC)cc2C1. The number of ether oxygens (including phenoxy) is 4. The van der Waals surface area contributed by atoms with Gasteiger partial charge in [0.1, 0.15) is 28.1 Å². The minimum absolute atomic E-state index is 0.0407. The Morgan fingerprint density at radius 3 is 2.81 bits per heavy atom. The maximum absolute atomic E-state index is 12.8. The maximum Gasteiger partial charge on any atom is 0.410 e. The molecule has 1 aliphatic heterocycles. The van der Waals surface area contributed by atoms with Crippen LogP contribution in [-0.2, 0) is 26.0 Å². The lowest BCUT2D eigenvalue weighted by Crippen LogP contribution is -2.33. The number of carbonyl (C=O) groups is 1. The molecule has 11 nitrogen and oxygen atoms in total. The van der Waals surface area contributed by atoms with Gasteiger partial charge in [-0.2, -0.15) is 0 Å². The predicted molar refractivity (Wildman–Crippen MR) is 109 cm³/mol. The molecule has 0 bridgehead atoms. The summed E-state index contributed by atoms with van der Waals surface area (Å²) >= 11 is 5.88. The highest BCUT2D eigenvalue weighted by Crippen LogP contribution is 2.35. The Hall–Kier alpha value is -2.83. The zero-order valence-corrected chi connectivity index (χ0v) is 18.4. The molecule has 2 aromatic heterocycles. The minimum atomic E-state index is -4.21. The van der Waals surface area contributed by atoms with Crippen molar-refractivity contribution in [2.75, 3.05) is 40.6 Å². The number of rotatable bonds is 7. The summed E-state index contributed by atoms with van der Waals surface area (Å²) < 4.78 is 49.9. The Kier molecular flexibility index (Phi) is 7.36. The number of sulfonamides is 1. The van der Waals surface area contributed by atoms with Gasteiger partial charge >= 0.3 is 6.09 Å². The fraction of sp³-hybridized carbons (Fsp3) is 0.389. The van der Waals surface area contributed by atoms with Crippen molar-refractivity contribution in [1.29, 1.82) is 0 Å². The second-order valence-corrected chi connectivity index (χ2v) is 8.27. The van der Waals surface area contributed by atoms with Gasteiger partial charge in [-0.1, -0.05) is 17.7 Å². The van der Waals surface area contributed by atoms with Crippen LogP contribution in [0, 0.1) is 0 Å². The number of aromatic nitrogens is 2. The minimum Gasteiger partial charge on any atom is -0.571 e. The normalized spacial score (nSPS) is 13.6. The van der Waals surface area contributed by atoms with Gasteiger partial charge in [0.15, 0.2) is 0 Å². The first-order chi connectivity index (χ1) is 14.8. The lowest BCUT2D eigenvalue weighted by Gasteiger charge is -2.24. The number of fused-ring (bicyclic) bond motifs is 1. The summed E-state index contributed by atoms with van der Waals surface area (Å²) in [5.74, 6) is 0.148. The molecule has 0 radical (unpaired) electrons. The molecule has 31 heavy (non-hydrogen) atoms. The molecule has 0 spiro atoms. The molecule has 0 saturated carbocycles. The monoisotopic (exact) mass is 471 g/mol. The van der Waals surface area contributed by atoms with Crippen LogP contribution in [0.4, 0.5) is 10.5 Å². The summed E-state index contributed by atoms with van der Waals surface area (Å²) in [6.07, 6.45) is 1.98. The summed E-state index contributed by atoms with van der Waals surface area (Å²) in [6, 6.07) is 2.68. The van der Waals surface area contributed by atoms with Crippen molar-refractivity contribution in [3.8, 4) is 11.8 Å². The molecule has 1 amide bonds. The number of hydrogen-bond donors (Lipinski definition) is 0. The van der Waals surface area contributed by atoms with E-state index in [1.54, 1.807) is 0 Å². The Bertz CT molecular complexity index is 1050. The molecule has 168 valence electrons. The van der Waals surface area contributed by atoms with Crippen molar-refractivity contribution in [2.45, 2.75) is 11.4 Å². The molecule has 0 fully saturated rings. The third-order valence-corrected chi connectivity index (χ3v) is 5.63. The number of pyridine rings is 2. The molecule has 0 unspecified atom stereocenters. The van der Waals surface area contributed by atoms with Crippen LogP contribution >= 0.6 is 11.6 Å². The number of methoxy groups -OCH3 is 2. The Morgan fingerprint density at radius 1 is 1.26 bits per heavy atom. The third-order valence-electron chi connectivity index (χ3n) is 4.13. The van der Waals surface area contributed by atoms with Crippen molar-refractivity contribution >= 4 is 33.4 Å². The van der Waals surface area contributed by atoms with Crippen molar-refractivity contribution in [3.05, 3.63) is 39.8 Å². The van der Waals surface area contributed by atoms with Crippen LogP contribution in [0.1, 0.15) is 5.56 Å². The first kappa shape index (κ1) is 22.8. The van der Waals surface area contributed by atoms with Crippen molar-refractivity contribution in [3.63, 3.8) is 0 Å². The van der Waals surface area contributed by atoms with Gasteiger partial charge in [-0.3, -0.25) is 0 Å². The molecule has 0 aliphatic carbocycles. The van der Waals surface area contributed by atoms with Crippen molar-refractivity contribution in [1.82, 2.24) is 14.9 Å². The summed E-state index contributed by atoms with van der Waals surface area (Å²) in [5.41, 5.74) is 0.521. The molecule has 3 heterocycles. The van der Waals surface area contributed by atoms with Gasteiger partial charge in [0.2, 0.25) is 11.8 Å². The fourth-order valence-electron chi connectivity index (χ4n) is 2.71. The molecule has 0 saturated heterocycles. The van der Waals surface area contributed by atoms with Crippen LogP contribution in [0.3, 0.4) is 0 Å². The molecule has 0 N–H and O–H groups in total. The van der Waals surface area contributed by atoms with Gasteiger partial charge in [0.05, 0.1) is 31.8 Å². The Labute approximate surface area is 184 Å². The van der Waals surface area contributed by atoms with Gasteiger partial charge in [0.25, 0.3) is 0 Å². The molecular formula is C18H20ClN4O7S-. The number of nitrogens with zero attached hydrogens (tertiary/aromatic N) is 4. The lowest BCUT2D eigenvalue weighted by atomic mass is 10.2. The van der Waals surface area contributed by atoms with Gasteiger partial charge in [-0.25, -0.2) is 23.2 Å². The van der Waals surface area contributed by atoms with Gasteiger partial charge in [-0.05, 0) is 6.07 Å². The molecule has 13 heteroatoms. The number of carbonyl (C=O) groups excluding carboxylic acids is 1. The summed E-state index contributed by atoms with van der Waals surface area (Å²) in [5, 5.41) is 0.116. The van der Waals surface area contributed by atoms with E-state index in [9.17, 15) is 13.2 Å². The Balaban J connectivity index is 1.81. The number of amides is 1. The van der Waals surface area contributed by atoms with E-state index in [4.69, 9.17) is 30.5 Å². The van der Waals surface area contributed by atoms with E-state index >= 15 is 0 Å². The summed E-state index contributed by atoms with van der Waals surface area (Å²) in [4.78, 5) is 21.4. The Morgan fingerprint density at radius 2 is 2.06 bits per heavy atom. The third kappa shape index (κ3) is 5.66. The van der Waals surface area contributed by atoms with Crippen molar-refractivity contribution in [2.24, 2.45) is 0 Å².